The van der Waals surface area contributed by atoms with Crippen molar-refractivity contribution in [3.63, 3.8) is 0 Å². The highest BCUT2D eigenvalue weighted by molar-refractivity contribution is 6.13. The number of methoxy groups -OCH3 is 1. The van der Waals surface area contributed by atoms with Crippen LogP contribution in [0, 0.1) is 0 Å². The molecule has 6 aromatic heterocycles. The van der Waals surface area contributed by atoms with Gasteiger partial charge in [0.2, 0.25) is 17.7 Å². The van der Waals surface area contributed by atoms with Gasteiger partial charge in [-0.25, -0.2) is 0 Å². The summed E-state index contributed by atoms with van der Waals surface area (Å²) >= 11 is 0. The number of fused-ring (bicyclic) bond motifs is 18. The standard InChI is InChI=1S/C25H29N3O.C25H30N2O.C21H17NO.C20H28N2O2.C20H23NO.C14H11NO/c1-18(29)20-7-5-19(6-8-20)16-28-24-10-9-21(27-12-3-4-13-27)15-22(24)23-17-26(2)14-11-25(23)28;1-26-25(28)14-6-3-9-17-27-23-13-8-7-12-21(23)22-18-20(15-16-24(22)27)19-10-4-2-5-11-19;1-15(23)17-12-10-16(11-13-17)14-22-20-8-4-2-6-18(20)19-7-3-5-9-21(19)22;1-21-19(23)13-4-3-7-14-22-17-11-6-5-9-15(17)16-10-8-12-18(24-2)20(16)22;1-16(22)10-4-2-3-9-15-21-19-13-7-5-11-17(19)18-12-6-8-14-20(18)21;1-10(16)15-13-8-4-2-6-11(13)12-7-3-5-9-14(12)15/h5-10,15H,3-4,11-14,16-17H2,1-2H3;2,4-5,10-11,15-16,18H,3,6-9,12-14,17H2,1H3,(H,26,28);2-13H,14H2,1H3;8,10,12H,3-7,9,11,13-14H2,1-2H3,(H,21,23);5-8,11-14H,2-4,9-10,15H2,1H3;2-9H,1H3. The zero-order valence-electron chi connectivity index (χ0n) is 84.3. The highest BCUT2D eigenvalue weighted by Gasteiger charge is 2.28. The van der Waals surface area contributed by atoms with E-state index in [1.54, 1.807) is 64.7 Å². The molecule has 2 aliphatic heterocycles. The van der Waals surface area contributed by atoms with E-state index in [2.05, 4.69) is 257 Å². The fourth-order valence-corrected chi connectivity index (χ4v) is 22.1. The van der Waals surface area contributed by atoms with E-state index in [1.807, 2.05) is 72.8 Å². The van der Waals surface area contributed by atoms with Crippen molar-refractivity contribution in [1.82, 2.24) is 42.9 Å². The summed E-state index contributed by atoms with van der Waals surface area (Å²) in [5.74, 6) is 1.86. The SMILES string of the molecule is CC(=O)CCCCCCn1c2ccccc2c2ccccc21.CC(=O)c1ccc(Cn2c3c(c4cc(N5CCCC5)ccc42)CN(C)CC3)cc1.CC(=O)c1ccc(Cn2c3ccccc3c3ccccc32)cc1.CC(=O)n1c2ccccc2c2ccccc21.CNC(=O)CCCCCn1c2c(c3cc(-c4ccccc4)ccc31)CCCC2.CNC(=O)CCCCCn1c2c(c3cccc(OC)c31)CCCC2. The van der Waals surface area contributed by atoms with Crippen LogP contribution >= 0.6 is 0 Å². The van der Waals surface area contributed by atoms with E-state index in [0.717, 1.165) is 149 Å². The minimum absolute atomic E-state index is 0.0531. The van der Waals surface area contributed by atoms with E-state index < -0.39 is 0 Å². The Kier molecular flexibility index (Phi) is 33.2. The quantitative estimate of drug-likeness (QED) is 0.0358. The number of hydrogen-bond acceptors (Lipinski definition) is 9. The van der Waals surface area contributed by atoms with E-state index in [4.69, 9.17) is 4.74 Å². The molecular weight excluding hydrogens is 1750 g/mol. The van der Waals surface area contributed by atoms with Gasteiger partial charge in [0.25, 0.3) is 0 Å². The molecular formula is C125H138N10O7. The predicted octanol–water partition coefficient (Wildman–Crippen LogP) is 27.6. The first-order chi connectivity index (χ1) is 69.4. The molecule has 1 saturated heterocycles. The number of carbonyl (C=O) groups excluding carboxylic acids is 6. The van der Waals surface area contributed by atoms with Gasteiger partial charge < -0.3 is 52.8 Å². The lowest BCUT2D eigenvalue weighted by molar-refractivity contribution is -0.121. The Balaban J connectivity index is 0.000000118. The number of amides is 2. The Bertz CT molecular complexity index is 7340. The van der Waals surface area contributed by atoms with Crippen LogP contribution in [0.2, 0.25) is 0 Å². The molecule has 2 aliphatic carbocycles. The highest BCUT2D eigenvalue weighted by Crippen LogP contribution is 2.42. The van der Waals surface area contributed by atoms with Crippen LogP contribution in [0.3, 0.4) is 0 Å². The molecule has 2 amide bonds. The summed E-state index contributed by atoms with van der Waals surface area (Å²) in [6, 6.07) is 97.4. The van der Waals surface area contributed by atoms with Crippen LogP contribution in [0.1, 0.15) is 220 Å². The number of unbranched alkanes of at least 4 members (excludes halogenated alkanes) is 7. The number of anilines is 1. The molecule has 0 bridgehead atoms. The summed E-state index contributed by atoms with van der Waals surface area (Å²) in [6.07, 6.45) is 26.5. The summed E-state index contributed by atoms with van der Waals surface area (Å²) in [5, 5.41) is 17.1. The molecule has 18 aromatic rings. The first-order valence-electron chi connectivity index (χ1n) is 51.9. The normalized spacial score (nSPS) is 13.3. The molecule has 0 spiro atoms. The van der Waals surface area contributed by atoms with Gasteiger partial charge in [-0.2, -0.15) is 0 Å². The van der Waals surface area contributed by atoms with Gasteiger partial charge in [-0.05, 0) is 242 Å². The number of nitrogens with one attached hydrogen (secondary N) is 2. The van der Waals surface area contributed by atoms with Gasteiger partial charge in [0.05, 0.1) is 23.7 Å². The van der Waals surface area contributed by atoms with Gasteiger partial charge in [0.1, 0.15) is 11.5 Å². The van der Waals surface area contributed by atoms with Crippen molar-refractivity contribution >= 4 is 139 Å². The number of ketones is 3. The number of ether oxygens (including phenoxy) is 1. The fraction of sp³-hybridized carbons (Fsp3) is 0.328. The minimum atomic E-state index is 0.0531. The molecule has 12 aromatic carbocycles. The average Bonchev–Trinajstić information content (AvgIpc) is 1.56. The van der Waals surface area contributed by atoms with Crippen molar-refractivity contribution in [1.29, 1.82) is 0 Å². The molecule has 8 heterocycles. The van der Waals surface area contributed by atoms with Gasteiger partial charge in [0, 0.05) is 221 Å². The minimum Gasteiger partial charge on any atom is -0.495 e. The number of rotatable bonds is 28. The summed E-state index contributed by atoms with van der Waals surface area (Å²) in [6.45, 7) is 15.8. The molecule has 2 N–H and O–H groups in total. The number of para-hydroxylation sites is 7. The van der Waals surface area contributed by atoms with Crippen molar-refractivity contribution in [3.05, 3.63) is 335 Å². The second-order valence-electron chi connectivity index (χ2n) is 39.0. The smallest absolute Gasteiger partial charge is 0.228 e. The van der Waals surface area contributed by atoms with Crippen LogP contribution in [0.15, 0.2) is 279 Å². The zero-order valence-corrected chi connectivity index (χ0v) is 84.3. The zero-order chi connectivity index (χ0) is 98.5. The van der Waals surface area contributed by atoms with Crippen LogP contribution in [-0.2, 0) is 85.8 Å². The van der Waals surface area contributed by atoms with Gasteiger partial charge in [0.15, 0.2) is 11.6 Å². The molecule has 0 saturated carbocycles. The monoisotopic (exact) mass is 1890 g/mol. The topological polar surface area (TPSA) is 172 Å². The van der Waals surface area contributed by atoms with E-state index in [9.17, 15) is 28.8 Å². The molecule has 142 heavy (non-hydrogen) atoms. The second kappa shape index (κ2) is 47.4. The number of benzene rings is 12. The molecule has 0 unspecified atom stereocenters. The summed E-state index contributed by atoms with van der Waals surface area (Å²) in [5.41, 5.74) is 28.2. The van der Waals surface area contributed by atoms with Gasteiger partial charge >= 0.3 is 0 Å². The van der Waals surface area contributed by atoms with E-state index in [-0.39, 0.29) is 29.3 Å². The van der Waals surface area contributed by atoms with Crippen LogP contribution in [0.25, 0.3) is 109 Å². The van der Waals surface area contributed by atoms with Crippen molar-refractivity contribution in [3.8, 4) is 16.9 Å². The second-order valence-corrected chi connectivity index (χ2v) is 39.0. The summed E-state index contributed by atoms with van der Waals surface area (Å²) in [7, 11) is 7.39. The number of carbonyl (C=O) groups is 6. The number of Topliss-reactive ketones (excluding diaryl/α,β-unsaturated/α-hetero) is 3. The molecule has 4 aliphatic rings. The lowest BCUT2D eigenvalue weighted by Gasteiger charge is -2.24. The maximum absolute atomic E-state index is 11.7. The number of aryl methyl sites for hydroxylation is 5. The molecule has 22 rings (SSSR count). The molecule has 1 fully saturated rings. The van der Waals surface area contributed by atoms with E-state index in [0.29, 0.717) is 18.6 Å². The maximum atomic E-state index is 11.7. The Morgan fingerprint density at radius 3 is 1.25 bits per heavy atom. The van der Waals surface area contributed by atoms with Crippen molar-refractivity contribution in [2.45, 2.75) is 221 Å². The average molecular weight is 1890 g/mol. The van der Waals surface area contributed by atoms with Crippen molar-refractivity contribution in [2.75, 3.05) is 52.8 Å². The number of hydrogen-bond donors (Lipinski definition) is 2. The maximum Gasteiger partial charge on any atom is 0.228 e. The number of likely N-dealkylation sites (N-methyl/N-ethyl adjacent to an activating group) is 1. The van der Waals surface area contributed by atoms with Gasteiger partial charge in [-0.1, -0.05) is 232 Å². The Hall–Kier alpha value is -14.2. The number of aromatic nitrogens is 6. The predicted molar refractivity (Wildman–Crippen MR) is 587 cm³/mol. The summed E-state index contributed by atoms with van der Waals surface area (Å²) in [4.78, 5) is 73.3. The first-order valence-corrected chi connectivity index (χ1v) is 51.9. The molecule has 0 atom stereocenters. The van der Waals surface area contributed by atoms with Crippen molar-refractivity contribution < 1.29 is 33.5 Å². The third kappa shape index (κ3) is 22.9. The first kappa shape index (κ1) is 99.4. The van der Waals surface area contributed by atoms with Crippen molar-refractivity contribution in [2.24, 2.45) is 0 Å². The molecule has 17 heteroatoms. The highest BCUT2D eigenvalue weighted by atomic mass is 16.5. The number of nitrogens with zero attached hydrogens (tertiary/aromatic N) is 8. The lowest BCUT2D eigenvalue weighted by Crippen LogP contribution is -2.27. The van der Waals surface area contributed by atoms with E-state index in [1.165, 1.54) is 217 Å². The molecule has 730 valence electrons. The van der Waals surface area contributed by atoms with Gasteiger partial charge in [-0.15, -0.1) is 0 Å². The third-order valence-corrected chi connectivity index (χ3v) is 29.4. The van der Waals surface area contributed by atoms with Gasteiger partial charge in [-0.3, -0.25) is 28.5 Å². The van der Waals surface area contributed by atoms with E-state index >= 15 is 0 Å². The Morgan fingerprint density at radius 2 is 0.732 bits per heavy atom. The van der Waals surface area contributed by atoms with Crippen LogP contribution in [-0.4, -0.2) is 115 Å². The lowest BCUT2D eigenvalue weighted by atomic mass is 9.94. The molecule has 0 radical (unpaired) electrons. The van der Waals surface area contributed by atoms with Crippen LogP contribution in [0.5, 0.6) is 5.75 Å². The third-order valence-electron chi connectivity index (χ3n) is 29.4. The largest absolute Gasteiger partial charge is 0.495 e. The van der Waals surface area contributed by atoms with Crippen LogP contribution < -0.4 is 20.3 Å². The Labute approximate surface area is 835 Å². The molecule has 17 nitrogen and oxygen atoms in total. The fourth-order valence-electron chi connectivity index (χ4n) is 22.1. The van der Waals surface area contributed by atoms with Crippen LogP contribution in [0.4, 0.5) is 5.69 Å². The summed E-state index contributed by atoms with van der Waals surface area (Å²) < 4.78 is 19.8. The Morgan fingerprint density at radius 1 is 0.324 bits per heavy atom.